The Morgan fingerprint density at radius 2 is 1.69 bits per heavy atom. The number of hydrogen-bond donors (Lipinski definition) is 0. The average molecular weight is 393 g/mol. The molecule has 0 aromatic heterocycles. The summed E-state index contributed by atoms with van der Waals surface area (Å²) in [4.78, 5) is 31.5. The highest BCUT2D eigenvalue weighted by atomic mass is 16.5. The van der Waals surface area contributed by atoms with Gasteiger partial charge >= 0.3 is 0 Å². The van der Waals surface area contributed by atoms with Crippen molar-refractivity contribution in [1.29, 1.82) is 0 Å². The SMILES string of the molecule is COc1ccccc1N1CCN(C(=O)C2CCC(=O)N2Cc2ccccc2)CC1. The number of methoxy groups -OCH3 is 1. The molecule has 0 radical (unpaired) electrons. The molecule has 2 aliphatic rings. The molecule has 2 heterocycles. The summed E-state index contributed by atoms with van der Waals surface area (Å²) in [5.41, 5.74) is 2.12. The van der Waals surface area contributed by atoms with E-state index in [4.69, 9.17) is 4.74 Å². The lowest BCUT2D eigenvalue weighted by atomic mass is 10.1. The van der Waals surface area contributed by atoms with E-state index < -0.39 is 0 Å². The van der Waals surface area contributed by atoms with Crippen LogP contribution >= 0.6 is 0 Å². The van der Waals surface area contributed by atoms with Crippen molar-refractivity contribution >= 4 is 17.5 Å². The minimum Gasteiger partial charge on any atom is -0.495 e. The number of ether oxygens (including phenoxy) is 1. The first kappa shape index (κ1) is 19.3. The van der Waals surface area contributed by atoms with Crippen LogP contribution in [0.5, 0.6) is 5.75 Å². The van der Waals surface area contributed by atoms with Crippen molar-refractivity contribution in [2.24, 2.45) is 0 Å². The van der Waals surface area contributed by atoms with Crippen molar-refractivity contribution in [2.75, 3.05) is 38.2 Å². The Morgan fingerprint density at radius 3 is 2.41 bits per heavy atom. The van der Waals surface area contributed by atoms with Gasteiger partial charge in [-0.1, -0.05) is 42.5 Å². The van der Waals surface area contributed by atoms with E-state index in [1.54, 1.807) is 12.0 Å². The quantitative estimate of drug-likeness (QED) is 0.783. The number of nitrogens with zero attached hydrogens (tertiary/aromatic N) is 3. The highest BCUT2D eigenvalue weighted by molar-refractivity contribution is 5.91. The van der Waals surface area contributed by atoms with Crippen LogP contribution < -0.4 is 9.64 Å². The summed E-state index contributed by atoms with van der Waals surface area (Å²) in [6, 6.07) is 17.5. The maximum Gasteiger partial charge on any atom is 0.245 e. The molecule has 0 saturated carbocycles. The normalized spacial score (nSPS) is 19.6. The Labute approximate surface area is 171 Å². The number of hydrogen-bond acceptors (Lipinski definition) is 4. The first-order valence-corrected chi connectivity index (χ1v) is 10.2. The van der Waals surface area contributed by atoms with Gasteiger partial charge in [-0.15, -0.1) is 0 Å². The molecule has 1 atom stereocenters. The van der Waals surface area contributed by atoms with Crippen LogP contribution in [-0.2, 0) is 16.1 Å². The molecule has 0 N–H and O–H groups in total. The molecular weight excluding hydrogens is 366 g/mol. The summed E-state index contributed by atoms with van der Waals surface area (Å²) in [7, 11) is 1.68. The Kier molecular flexibility index (Phi) is 5.69. The van der Waals surface area contributed by atoms with Crippen LogP contribution in [0.15, 0.2) is 54.6 Å². The number of piperazine rings is 1. The van der Waals surface area contributed by atoms with Gasteiger partial charge in [0, 0.05) is 39.1 Å². The lowest BCUT2D eigenvalue weighted by Gasteiger charge is -2.38. The molecule has 2 aromatic rings. The number of amides is 2. The number of carbonyl (C=O) groups is 2. The molecule has 2 aliphatic heterocycles. The standard InChI is InChI=1S/C23H27N3O3/c1-29-21-10-6-5-9-19(21)24-13-15-25(16-14-24)23(28)20-11-12-22(27)26(20)17-18-7-3-2-4-8-18/h2-10,20H,11-17H2,1H3. The molecular formula is C23H27N3O3. The van der Waals surface area contributed by atoms with Crippen molar-refractivity contribution in [3.8, 4) is 5.75 Å². The van der Waals surface area contributed by atoms with Crippen LogP contribution in [0.1, 0.15) is 18.4 Å². The van der Waals surface area contributed by atoms with Crippen LogP contribution in [0.3, 0.4) is 0 Å². The second kappa shape index (κ2) is 8.55. The Balaban J connectivity index is 1.40. The second-order valence-corrected chi connectivity index (χ2v) is 7.55. The fraction of sp³-hybridized carbons (Fsp3) is 0.391. The summed E-state index contributed by atoms with van der Waals surface area (Å²) in [6.45, 7) is 3.32. The highest BCUT2D eigenvalue weighted by Gasteiger charge is 2.38. The van der Waals surface area contributed by atoms with Gasteiger partial charge in [0.25, 0.3) is 0 Å². The van der Waals surface area contributed by atoms with Gasteiger partial charge in [0.1, 0.15) is 11.8 Å². The van der Waals surface area contributed by atoms with Gasteiger partial charge in [0.2, 0.25) is 11.8 Å². The minimum absolute atomic E-state index is 0.0693. The predicted molar refractivity (Wildman–Crippen MR) is 112 cm³/mol. The zero-order chi connectivity index (χ0) is 20.2. The van der Waals surface area contributed by atoms with E-state index in [0.29, 0.717) is 32.5 Å². The molecule has 6 nitrogen and oxygen atoms in total. The average Bonchev–Trinajstić information content (AvgIpc) is 3.14. The molecule has 29 heavy (non-hydrogen) atoms. The van der Waals surface area contributed by atoms with Crippen LogP contribution in [0.2, 0.25) is 0 Å². The number of para-hydroxylation sites is 2. The summed E-state index contributed by atoms with van der Waals surface area (Å²) in [6.07, 6.45) is 1.06. The van der Waals surface area contributed by atoms with Crippen molar-refractivity contribution in [3.05, 3.63) is 60.2 Å². The van der Waals surface area contributed by atoms with Gasteiger partial charge in [-0.2, -0.15) is 0 Å². The lowest BCUT2D eigenvalue weighted by Crippen LogP contribution is -2.54. The number of carbonyl (C=O) groups excluding carboxylic acids is 2. The minimum atomic E-state index is -0.347. The third kappa shape index (κ3) is 4.06. The molecule has 1 unspecified atom stereocenters. The molecule has 0 bridgehead atoms. The molecule has 2 aromatic carbocycles. The number of benzene rings is 2. The topological polar surface area (TPSA) is 53.1 Å². The maximum atomic E-state index is 13.2. The third-order valence-electron chi connectivity index (χ3n) is 5.83. The molecule has 2 amide bonds. The van der Waals surface area contributed by atoms with Gasteiger partial charge in [0.15, 0.2) is 0 Å². The second-order valence-electron chi connectivity index (χ2n) is 7.55. The fourth-order valence-corrected chi connectivity index (χ4v) is 4.24. The largest absolute Gasteiger partial charge is 0.495 e. The highest BCUT2D eigenvalue weighted by Crippen LogP contribution is 2.29. The lowest BCUT2D eigenvalue weighted by molar-refractivity contribution is -0.142. The summed E-state index contributed by atoms with van der Waals surface area (Å²) in [5, 5.41) is 0. The van der Waals surface area contributed by atoms with Gasteiger partial charge < -0.3 is 19.4 Å². The first-order valence-electron chi connectivity index (χ1n) is 10.2. The molecule has 4 rings (SSSR count). The monoisotopic (exact) mass is 393 g/mol. The van der Waals surface area contributed by atoms with Crippen LogP contribution in [-0.4, -0.2) is 60.9 Å². The predicted octanol–water partition coefficient (Wildman–Crippen LogP) is 2.54. The van der Waals surface area contributed by atoms with E-state index in [2.05, 4.69) is 4.90 Å². The van der Waals surface area contributed by atoms with Gasteiger partial charge in [-0.05, 0) is 24.1 Å². The third-order valence-corrected chi connectivity index (χ3v) is 5.83. The number of likely N-dealkylation sites (tertiary alicyclic amines) is 1. The zero-order valence-corrected chi connectivity index (χ0v) is 16.8. The Bertz CT molecular complexity index is 863. The Morgan fingerprint density at radius 1 is 1.00 bits per heavy atom. The molecule has 152 valence electrons. The van der Waals surface area contributed by atoms with Gasteiger partial charge in [-0.25, -0.2) is 0 Å². The van der Waals surface area contributed by atoms with Crippen molar-refractivity contribution in [3.63, 3.8) is 0 Å². The van der Waals surface area contributed by atoms with Crippen LogP contribution in [0.25, 0.3) is 0 Å². The van der Waals surface area contributed by atoms with Crippen molar-refractivity contribution in [1.82, 2.24) is 9.80 Å². The fourth-order valence-electron chi connectivity index (χ4n) is 4.24. The van der Waals surface area contributed by atoms with E-state index in [9.17, 15) is 9.59 Å². The van der Waals surface area contributed by atoms with E-state index in [-0.39, 0.29) is 17.9 Å². The molecule has 0 spiro atoms. The van der Waals surface area contributed by atoms with E-state index in [0.717, 1.165) is 30.1 Å². The summed E-state index contributed by atoms with van der Waals surface area (Å²) in [5.74, 6) is 0.994. The maximum absolute atomic E-state index is 13.2. The van der Waals surface area contributed by atoms with Crippen molar-refractivity contribution in [2.45, 2.75) is 25.4 Å². The summed E-state index contributed by atoms with van der Waals surface area (Å²) < 4.78 is 5.47. The number of anilines is 1. The zero-order valence-electron chi connectivity index (χ0n) is 16.8. The smallest absolute Gasteiger partial charge is 0.245 e. The summed E-state index contributed by atoms with van der Waals surface area (Å²) >= 11 is 0. The van der Waals surface area contributed by atoms with Crippen molar-refractivity contribution < 1.29 is 14.3 Å². The molecule has 2 fully saturated rings. The van der Waals surface area contributed by atoms with E-state index >= 15 is 0 Å². The van der Waals surface area contributed by atoms with Crippen LogP contribution in [0, 0.1) is 0 Å². The van der Waals surface area contributed by atoms with E-state index in [1.807, 2.05) is 59.5 Å². The number of rotatable bonds is 5. The van der Waals surface area contributed by atoms with Gasteiger partial charge in [-0.3, -0.25) is 9.59 Å². The van der Waals surface area contributed by atoms with Crippen LogP contribution in [0.4, 0.5) is 5.69 Å². The molecule has 0 aliphatic carbocycles. The Hall–Kier alpha value is -3.02. The molecule has 6 heteroatoms. The van der Waals surface area contributed by atoms with E-state index in [1.165, 1.54) is 0 Å². The van der Waals surface area contributed by atoms with Gasteiger partial charge in [0.05, 0.1) is 12.8 Å². The molecule has 2 saturated heterocycles. The first-order chi connectivity index (χ1) is 14.2.